The lowest BCUT2D eigenvalue weighted by molar-refractivity contribution is 0.0772. The molecule has 1 fully saturated rings. The van der Waals surface area contributed by atoms with Crippen molar-refractivity contribution in [2.24, 2.45) is 0 Å². The zero-order chi connectivity index (χ0) is 13.0. The van der Waals surface area contributed by atoms with E-state index in [1.165, 1.54) is 0 Å². The van der Waals surface area contributed by atoms with Crippen LogP contribution in [-0.2, 0) is 4.74 Å². The Morgan fingerprint density at radius 1 is 1.44 bits per heavy atom. The number of amides is 1. The van der Waals surface area contributed by atoms with Crippen molar-refractivity contribution < 1.29 is 14.3 Å². The lowest BCUT2D eigenvalue weighted by Crippen LogP contribution is -2.30. The minimum absolute atomic E-state index is 0.0492. The van der Waals surface area contributed by atoms with E-state index >= 15 is 0 Å². The third-order valence-electron chi connectivity index (χ3n) is 2.97. The van der Waals surface area contributed by atoms with Gasteiger partial charge in [0.05, 0.1) is 6.61 Å². The van der Waals surface area contributed by atoms with Gasteiger partial charge in [-0.15, -0.1) is 0 Å². The Balaban J connectivity index is 2.02. The standard InChI is InChI=1S/C14H19NO3/c1-3-15(4-2)14(16)11-6-5-7-12(8-11)17-9-13-10-18-13/h5-8,13H,3-4,9-10H2,1-2H3. The molecule has 1 unspecified atom stereocenters. The summed E-state index contributed by atoms with van der Waals surface area (Å²) in [6, 6.07) is 7.32. The number of ether oxygens (including phenoxy) is 2. The predicted octanol–water partition coefficient (Wildman–Crippen LogP) is 1.95. The number of epoxide rings is 1. The molecule has 1 aromatic carbocycles. The molecule has 1 atom stereocenters. The van der Waals surface area contributed by atoms with E-state index in [2.05, 4.69) is 0 Å². The minimum Gasteiger partial charge on any atom is -0.491 e. The molecule has 1 aliphatic heterocycles. The smallest absolute Gasteiger partial charge is 0.253 e. The van der Waals surface area contributed by atoms with Gasteiger partial charge in [0.15, 0.2) is 0 Å². The summed E-state index contributed by atoms with van der Waals surface area (Å²) in [5.74, 6) is 0.775. The van der Waals surface area contributed by atoms with Crippen LogP contribution in [0.3, 0.4) is 0 Å². The molecule has 1 aliphatic rings. The number of carbonyl (C=O) groups excluding carboxylic acids is 1. The summed E-state index contributed by atoms with van der Waals surface area (Å²) in [6.45, 7) is 6.73. The number of hydrogen-bond acceptors (Lipinski definition) is 3. The molecule has 2 rings (SSSR count). The quantitative estimate of drug-likeness (QED) is 0.724. The summed E-state index contributed by atoms with van der Waals surface area (Å²) in [6.07, 6.45) is 0.229. The second-order valence-corrected chi connectivity index (χ2v) is 4.27. The molecule has 0 N–H and O–H groups in total. The summed E-state index contributed by atoms with van der Waals surface area (Å²) in [4.78, 5) is 14.0. The molecule has 0 aromatic heterocycles. The highest BCUT2D eigenvalue weighted by molar-refractivity contribution is 5.94. The van der Waals surface area contributed by atoms with Gasteiger partial charge in [-0.2, -0.15) is 0 Å². The number of carbonyl (C=O) groups is 1. The molecule has 0 bridgehead atoms. The van der Waals surface area contributed by atoms with E-state index in [4.69, 9.17) is 9.47 Å². The summed E-state index contributed by atoms with van der Waals surface area (Å²) < 4.78 is 10.7. The van der Waals surface area contributed by atoms with Crippen LogP contribution in [0, 0.1) is 0 Å². The summed E-state index contributed by atoms with van der Waals surface area (Å²) >= 11 is 0. The maximum atomic E-state index is 12.2. The summed E-state index contributed by atoms with van der Waals surface area (Å²) in [5.41, 5.74) is 0.674. The van der Waals surface area contributed by atoms with Crippen molar-refractivity contribution in [1.82, 2.24) is 4.90 Å². The van der Waals surface area contributed by atoms with Crippen LogP contribution in [0.4, 0.5) is 0 Å². The fourth-order valence-electron chi connectivity index (χ4n) is 1.77. The number of hydrogen-bond donors (Lipinski definition) is 0. The molecule has 98 valence electrons. The van der Waals surface area contributed by atoms with Gasteiger partial charge in [0.1, 0.15) is 18.5 Å². The highest BCUT2D eigenvalue weighted by Gasteiger charge is 2.23. The Morgan fingerprint density at radius 2 is 2.17 bits per heavy atom. The molecule has 0 aliphatic carbocycles. The van der Waals surface area contributed by atoms with Crippen molar-refractivity contribution in [3.8, 4) is 5.75 Å². The van der Waals surface area contributed by atoms with E-state index in [0.717, 1.165) is 25.4 Å². The first-order valence-corrected chi connectivity index (χ1v) is 6.38. The van der Waals surface area contributed by atoms with E-state index in [9.17, 15) is 4.79 Å². The van der Waals surface area contributed by atoms with Crippen LogP contribution >= 0.6 is 0 Å². The highest BCUT2D eigenvalue weighted by Crippen LogP contribution is 2.17. The van der Waals surface area contributed by atoms with Gasteiger partial charge >= 0.3 is 0 Å². The Hall–Kier alpha value is -1.55. The molecule has 0 spiro atoms. The predicted molar refractivity (Wildman–Crippen MR) is 68.9 cm³/mol. The molecule has 18 heavy (non-hydrogen) atoms. The van der Waals surface area contributed by atoms with Crippen molar-refractivity contribution in [1.29, 1.82) is 0 Å². The largest absolute Gasteiger partial charge is 0.491 e. The molecule has 1 aromatic rings. The Kier molecular flexibility index (Phi) is 4.20. The van der Waals surface area contributed by atoms with Gasteiger partial charge in [0.25, 0.3) is 5.91 Å². The lowest BCUT2D eigenvalue weighted by atomic mass is 10.2. The Labute approximate surface area is 107 Å². The first kappa shape index (κ1) is 12.9. The first-order valence-electron chi connectivity index (χ1n) is 6.38. The van der Waals surface area contributed by atoms with Crippen LogP contribution in [0.1, 0.15) is 24.2 Å². The van der Waals surface area contributed by atoms with Crippen molar-refractivity contribution in [2.45, 2.75) is 20.0 Å². The zero-order valence-corrected chi connectivity index (χ0v) is 10.9. The van der Waals surface area contributed by atoms with Gasteiger partial charge in [-0.25, -0.2) is 0 Å². The monoisotopic (exact) mass is 249 g/mol. The zero-order valence-electron chi connectivity index (χ0n) is 10.9. The van der Waals surface area contributed by atoms with Crippen molar-refractivity contribution in [2.75, 3.05) is 26.3 Å². The molecule has 1 heterocycles. The van der Waals surface area contributed by atoms with E-state index in [1.807, 2.05) is 32.0 Å². The summed E-state index contributed by atoms with van der Waals surface area (Å²) in [7, 11) is 0. The molecular formula is C14H19NO3. The molecule has 1 saturated heterocycles. The fraction of sp³-hybridized carbons (Fsp3) is 0.500. The molecule has 4 heteroatoms. The van der Waals surface area contributed by atoms with E-state index in [0.29, 0.717) is 12.2 Å². The lowest BCUT2D eigenvalue weighted by Gasteiger charge is -2.18. The van der Waals surface area contributed by atoms with Gasteiger partial charge < -0.3 is 14.4 Å². The van der Waals surface area contributed by atoms with E-state index < -0.39 is 0 Å². The van der Waals surface area contributed by atoms with Crippen LogP contribution < -0.4 is 4.74 Å². The van der Waals surface area contributed by atoms with Crippen molar-refractivity contribution in [3.05, 3.63) is 29.8 Å². The molecule has 4 nitrogen and oxygen atoms in total. The third kappa shape index (κ3) is 3.23. The SMILES string of the molecule is CCN(CC)C(=O)c1cccc(OCC2CO2)c1. The fourth-order valence-corrected chi connectivity index (χ4v) is 1.77. The number of rotatable bonds is 6. The van der Waals surface area contributed by atoms with Gasteiger partial charge in [0.2, 0.25) is 0 Å². The van der Waals surface area contributed by atoms with E-state index in [-0.39, 0.29) is 12.0 Å². The molecule has 0 radical (unpaired) electrons. The number of benzene rings is 1. The Morgan fingerprint density at radius 3 is 2.78 bits per heavy atom. The normalized spacial score (nSPS) is 17.3. The van der Waals surface area contributed by atoms with Crippen LogP contribution in [0.15, 0.2) is 24.3 Å². The minimum atomic E-state index is 0.0492. The highest BCUT2D eigenvalue weighted by atomic mass is 16.6. The van der Waals surface area contributed by atoms with Crippen LogP contribution in [0.25, 0.3) is 0 Å². The van der Waals surface area contributed by atoms with Crippen LogP contribution in [0.2, 0.25) is 0 Å². The van der Waals surface area contributed by atoms with Gasteiger partial charge in [-0.1, -0.05) is 6.07 Å². The van der Waals surface area contributed by atoms with Gasteiger partial charge in [0, 0.05) is 18.7 Å². The third-order valence-corrected chi connectivity index (χ3v) is 2.97. The topological polar surface area (TPSA) is 42.1 Å². The molecular weight excluding hydrogens is 230 g/mol. The second-order valence-electron chi connectivity index (χ2n) is 4.27. The van der Waals surface area contributed by atoms with Gasteiger partial charge in [-0.05, 0) is 32.0 Å². The summed E-state index contributed by atoms with van der Waals surface area (Å²) in [5, 5.41) is 0. The van der Waals surface area contributed by atoms with Crippen molar-refractivity contribution >= 4 is 5.91 Å². The average molecular weight is 249 g/mol. The second kappa shape index (κ2) is 5.87. The molecule has 0 saturated carbocycles. The number of nitrogens with zero attached hydrogens (tertiary/aromatic N) is 1. The first-order chi connectivity index (χ1) is 8.74. The maximum Gasteiger partial charge on any atom is 0.253 e. The van der Waals surface area contributed by atoms with Crippen molar-refractivity contribution in [3.63, 3.8) is 0 Å². The van der Waals surface area contributed by atoms with Gasteiger partial charge in [-0.3, -0.25) is 4.79 Å². The molecule has 1 amide bonds. The maximum absolute atomic E-state index is 12.2. The Bertz CT molecular complexity index is 411. The van der Waals surface area contributed by atoms with Crippen LogP contribution in [0.5, 0.6) is 5.75 Å². The average Bonchev–Trinajstić information content (AvgIpc) is 3.22. The van der Waals surface area contributed by atoms with E-state index in [1.54, 1.807) is 11.0 Å². The van der Waals surface area contributed by atoms with Crippen LogP contribution in [-0.4, -0.2) is 43.2 Å².